The zero-order valence-electron chi connectivity index (χ0n) is 6.59. The summed E-state index contributed by atoms with van der Waals surface area (Å²) in [7, 11) is 1.20. The highest BCUT2D eigenvalue weighted by Crippen LogP contribution is 2.41. The average molecular weight is 207 g/mol. The number of alkyl halides is 1. The lowest BCUT2D eigenvalue weighted by atomic mass is 10.1. The summed E-state index contributed by atoms with van der Waals surface area (Å²) < 4.78 is 2.84. The molecule has 0 amide bonds. The van der Waals surface area contributed by atoms with Crippen LogP contribution in [-0.2, 0) is 14.3 Å². The third-order valence-electron chi connectivity index (χ3n) is 1.50. The maximum atomic E-state index is 11.3. The number of Topliss-reactive ketones (excluding diaryl/α,β-unsaturated/α-hetero) is 1. The highest BCUT2D eigenvalue weighted by atomic mass is 35.5. The summed E-state index contributed by atoms with van der Waals surface area (Å²) in [6.07, 6.45) is 0. The van der Waals surface area contributed by atoms with Crippen LogP contribution in [0.5, 0.6) is 0 Å². The number of halogens is 1. The van der Waals surface area contributed by atoms with Gasteiger partial charge in [-0.2, -0.15) is 0 Å². The molecule has 0 radical (unpaired) electrons. The maximum Gasteiger partial charge on any atom is 0.345 e. The van der Waals surface area contributed by atoms with Crippen molar-refractivity contribution >= 4 is 35.1 Å². The van der Waals surface area contributed by atoms with Gasteiger partial charge in [0.05, 0.1) is 7.11 Å². The van der Waals surface area contributed by atoms with Gasteiger partial charge in [0.25, 0.3) is 4.21 Å². The van der Waals surface area contributed by atoms with Crippen molar-refractivity contribution in [3.8, 4) is 0 Å². The first kappa shape index (κ1) is 9.61. The maximum absolute atomic E-state index is 11.3. The van der Waals surface area contributed by atoms with Crippen molar-refractivity contribution in [1.82, 2.24) is 0 Å². The predicted molar refractivity (Wildman–Crippen MR) is 47.0 cm³/mol. The number of carbonyl (C=O) groups is 2. The molecule has 5 heteroatoms. The van der Waals surface area contributed by atoms with Gasteiger partial charge in [0.2, 0.25) is 5.78 Å². The highest BCUT2D eigenvalue weighted by Gasteiger charge is 2.49. The Morgan fingerprint density at radius 3 is 2.67 bits per heavy atom. The molecule has 0 bridgehead atoms. The molecule has 0 aromatic carbocycles. The molecule has 1 atom stereocenters. The first-order valence-electron chi connectivity index (χ1n) is 3.19. The van der Waals surface area contributed by atoms with E-state index in [1.54, 1.807) is 12.3 Å². The summed E-state index contributed by atoms with van der Waals surface area (Å²) in [5.74, 6) is -1.10. The van der Waals surface area contributed by atoms with E-state index in [-0.39, 0.29) is 5.78 Å². The summed E-state index contributed by atoms with van der Waals surface area (Å²) in [6.45, 7) is 1.61. The molecule has 0 aromatic heterocycles. The van der Waals surface area contributed by atoms with Crippen molar-refractivity contribution in [3.05, 3.63) is 11.0 Å². The standard InChI is InChI=1S/C7H7ClO3S/c1-4-3-12-7(8,5(4)9)6(10)11-2/h3H,1-2H3/t7-/m0/s1. The Morgan fingerprint density at radius 2 is 2.33 bits per heavy atom. The van der Waals surface area contributed by atoms with Crippen LogP contribution in [-0.4, -0.2) is 23.1 Å². The van der Waals surface area contributed by atoms with Gasteiger partial charge in [-0.15, -0.1) is 0 Å². The second-order valence-electron chi connectivity index (χ2n) is 2.33. The zero-order chi connectivity index (χ0) is 9.35. The summed E-state index contributed by atoms with van der Waals surface area (Å²) in [5, 5.41) is 1.56. The molecule has 0 aromatic rings. The van der Waals surface area contributed by atoms with E-state index >= 15 is 0 Å². The molecule has 1 aliphatic rings. The number of ether oxygens (including phenoxy) is 1. The predicted octanol–water partition coefficient (Wildman–Crippen LogP) is 1.31. The van der Waals surface area contributed by atoms with Crippen molar-refractivity contribution in [2.24, 2.45) is 0 Å². The molecular weight excluding hydrogens is 200 g/mol. The van der Waals surface area contributed by atoms with Gasteiger partial charge in [-0.05, 0) is 12.3 Å². The molecule has 1 aliphatic heterocycles. The number of esters is 1. The Morgan fingerprint density at radius 1 is 1.75 bits per heavy atom. The lowest BCUT2D eigenvalue weighted by molar-refractivity contribution is -0.143. The van der Waals surface area contributed by atoms with Gasteiger partial charge >= 0.3 is 5.97 Å². The lowest BCUT2D eigenvalue weighted by Crippen LogP contribution is -2.36. The van der Waals surface area contributed by atoms with Crippen molar-refractivity contribution in [1.29, 1.82) is 0 Å². The molecule has 0 N–H and O–H groups in total. The summed E-state index contributed by atoms with van der Waals surface area (Å²) >= 11 is 6.73. The van der Waals surface area contributed by atoms with E-state index in [1.165, 1.54) is 7.11 Å². The van der Waals surface area contributed by atoms with Crippen molar-refractivity contribution in [2.75, 3.05) is 7.11 Å². The van der Waals surface area contributed by atoms with Gasteiger partial charge in [0, 0.05) is 5.57 Å². The quantitative estimate of drug-likeness (QED) is 0.369. The highest BCUT2D eigenvalue weighted by molar-refractivity contribution is 8.06. The minimum absolute atomic E-state index is 0.388. The molecule has 0 saturated carbocycles. The molecule has 1 heterocycles. The van der Waals surface area contributed by atoms with Crippen molar-refractivity contribution in [3.63, 3.8) is 0 Å². The van der Waals surface area contributed by atoms with E-state index in [2.05, 4.69) is 4.74 Å². The van der Waals surface area contributed by atoms with Crippen LogP contribution in [0.4, 0.5) is 0 Å². The smallest absolute Gasteiger partial charge is 0.345 e. The fourth-order valence-corrected chi connectivity index (χ4v) is 2.06. The molecule has 0 unspecified atom stereocenters. The zero-order valence-corrected chi connectivity index (χ0v) is 8.16. The first-order chi connectivity index (χ1) is 5.52. The molecular formula is C7H7ClO3S. The number of hydrogen-bond acceptors (Lipinski definition) is 4. The normalized spacial score (nSPS) is 28.6. The summed E-state index contributed by atoms with van der Waals surface area (Å²) in [4.78, 5) is 22.4. The minimum atomic E-state index is -1.57. The second kappa shape index (κ2) is 3.11. The molecule has 3 nitrogen and oxygen atoms in total. The van der Waals surface area contributed by atoms with Crippen LogP contribution in [0.2, 0.25) is 0 Å². The van der Waals surface area contributed by atoms with Crippen LogP contribution in [0.3, 0.4) is 0 Å². The van der Waals surface area contributed by atoms with Gasteiger partial charge in [-0.3, -0.25) is 4.79 Å². The van der Waals surface area contributed by atoms with Gasteiger partial charge < -0.3 is 4.74 Å². The molecule has 12 heavy (non-hydrogen) atoms. The molecule has 1 rings (SSSR count). The van der Waals surface area contributed by atoms with Gasteiger partial charge in [-0.1, -0.05) is 23.4 Å². The fraction of sp³-hybridized carbons (Fsp3) is 0.429. The second-order valence-corrected chi connectivity index (χ2v) is 4.21. The summed E-state index contributed by atoms with van der Waals surface area (Å²) in [5.41, 5.74) is 0.486. The average Bonchev–Trinajstić information content (AvgIpc) is 2.33. The van der Waals surface area contributed by atoms with Crippen molar-refractivity contribution < 1.29 is 14.3 Å². The number of methoxy groups -OCH3 is 1. The fourth-order valence-electron chi connectivity index (χ4n) is 0.802. The molecule has 0 spiro atoms. The molecule has 0 saturated heterocycles. The van der Waals surface area contributed by atoms with Crippen LogP contribution in [0.1, 0.15) is 6.92 Å². The molecule has 0 fully saturated rings. The Balaban J connectivity index is 2.91. The number of thioether (sulfide) groups is 1. The molecule has 66 valence electrons. The van der Waals surface area contributed by atoms with Gasteiger partial charge in [0.1, 0.15) is 0 Å². The van der Waals surface area contributed by atoms with E-state index < -0.39 is 10.2 Å². The Labute approximate surface area is 79.1 Å². The molecule has 0 aliphatic carbocycles. The first-order valence-corrected chi connectivity index (χ1v) is 4.45. The van der Waals surface area contributed by atoms with Crippen LogP contribution >= 0.6 is 23.4 Å². The van der Waals surface area contributed by atoms with Crippen LogP contribution in [0.25, 0.3) is 0 Å². The van der Waals surface area contributed by atoms with Crippen LogP contribution in [0, 0.1) is 0 Å². The van der Waals surface area contributed by atoms with Crippen molar-refractivity contribution in [2.45, 2.75) is 11.1 Å². The Hall–Kier alpha value is -0.480. The number of rotatable bonds is 1. The van der Waals surface area contributed by atoms with E-state index in [1.807, 2.05) is 0 Å². The number of carbonyl (C=O) groups excluding carboxylic acids is 2. The van der Waals surface area contributed by atoms with Crippen LogP contribution < -0.4 is 0 Å². The van der Waals surface area contributed by atoms with E-state index in [9.17, 15) is 9.59 Å². The van der Waals surface area contributed by atoms with Crippen LogP contribution in [0.15, 0.2) is 11.0 Å². The van der Waals surface area contributed by atoms with E-state index in [0.29, 0.717) is 5.57 Å². The summed E-state index contributed by atoms with van der Waals surface area (Å²) in [6, 6.07) is 0. The third-order valence-corrected chi connectivity index (χ3v) is 3.24. The largest absolute Gasteiger partial charge is 0.467 e. The van der Waals surface area contributed by atoms with E-state index in [4.69, 9.17) is 11.6 Å². The topological polar surface area (TPSA) is 43.4 Å². The third kappa shape index (κ3) is 1.25. The number of hydrogen-bond donors (Lipinski definition) is 0. The number of allylic oxidation sites excluding steroid dienone is 1. The number of ketones is 1. The minimum Gasteiger partial charge on any atom is -0.467 e. The van der Waals surface area contributed by atoms with E-state index in [0.717, 1.165) is 11.8 Å². The SMILES string of the molecule is COC(=O)[C@@]1(Cl)SC=C(C)C1=O. The van der Waals surface area contributed by atoms with Gasteiger partial charge in [-0.25, -0.2) is 4.79 Å². The Kier molecular flexibility index (Phi) is 2.49. The monoisotopic (exact) mass is 206 g/mol. The lowest BCUT2D eigenvalue weighted by Gasteiger charge is -2.14. The Bertz CT molecular complexity index is 274. The van der Waals surface area contributed by atoms with Gasteiger partial charge in [0.15, 0.2) is 0 Å².